The summed E-state index contributed by atoms with van der Waals surface area (Å²) in [7, 11) is 0. The van der Waals surface area contributed by atoms with Crippen molar-refractivity contribution < 1.29 is 0 Å². The summed E-state index contributed by atoms with van der Waals surface area (Å²) in [6.07, 6.45) is 18.3. The van der Waals surface area contributed by atoms with Gasteiger partial charge in [0, 0.05) is 5.92 Å². The molecule has 0 spiro atoms. The Morgan fingerprint density at radius 2 is 1.92 bits per heavy atom. The molecule has 1 saturated carbocycles. The van der Waals surface area contributed by atoms with Crippen LogP contribution < -0.4 is 0 Å². The van der Waals surface area contributed by atoms with E-state index in [1.165, 1.54) is 19.3 Å². The van der Waals surface area contributed by atoms with Crippen LogP contribution in [0.2, 0.25) is 0 Å². The predicted molar refractivity (Wildman–Crippen MR) is 50.7 cm³/mol. The van der Waals surface area contributed by atoms with Crippen LogP contribution in [0.5, 0.6) is 0 Å². The van der Waals surface area contributed by atoms with Crippen molar-refractivity contribution in [1.29, 1.82) is 0 Å². The van der Waals surface area contributed by atoms with E-state index in [0.29, 0.717) is 11.3 Å². The lowest BCUT2D eigenvalue weighted by atomic mass is 9.76. The standard InChI is InChI=1S/C12H14/c1-2-4-11(3-1)12-7-5-10(9-12)6-8-12/h1-5,7,10-11H,6,8-9H2. The van der Waals surface area contributed by atoms with Crippen LogP contribution in [-0.2, 0) is 0 Å². The summed E-state index contributed by atoms with van der Waals surface area (Å²) in [4.78, 5) is 0. The van der Waals surface area contributed by atoms with Crippen LogP contribution in [0, 0.1) is 17.3 Å². The van der Waals surface area contributed by atoms with Crippen molar-refractivity contribution in [2.24, 2.45) is 17.3 Å². The molecule has 0 amide bonds. The normalized spacial score (nSPS) is 43.5. The third-order valence-corrected chi connectivity index (χ3v) is 3.73. The molecule has 3 aliphatic carbocycles. The summed E-state index contributed by atoms with van der Waals surface area (Å²) in [5.74, 6) is 1.62. The van der Waals surface area contributed by atoms with Gasteiger partial charge in [0.1, 0.15) is 0 Å². The molecule has 0 saturated heterocycles. The van der Waals surface area contributed by atoms with E-state index < -0.39 is 0 Å². The van der Waals surface area contributed by atoms with Crippen molar-refractivity contribution in [2.75, 3.05) is 0 Å². The monoisotopic (exact) mass is 158 g/mol. The SMILES string of the molecule is C1=CC(C23C=CC(CC2)C3)C=C1. The van der Waals surface area contributed by atoms with Gasteiger partial charge in [-0.25, -0.2) is 0 Å². The number of hydrogen-bond acceptors (Lipinski definition) is 0. The van der Waals surface area contributed by atoms with Crippen molar-refractivity contribution in [2.45, 2.75) is 19.3 Å². The molecule has 2 unspecified atom stereocenters. The molecule has 0 nitrogen and oxygen atoms in total. The van der Waals surface area contributed by atoms with Gasteiger partial charge in [0.2, 0.25) is 0 Å². The predicted octanol–water partition coefficient (Wildman–Crippen LogP) is 3.08. The highest BCUT2D eigenvalue weighted by molar-refractivity contribution is 5.29. The summed E-state index contributed by atoms with van der Waals surface area (Å²) in [5.41, 5.74) is 0.536. The molecule has 0 aliphatic heterocycles. The molecule has 0 aromatic carbocycles. The highest BCUT2D eigenvalue weighted by atomic mass is 14.5. The lowest BCUT2D eigenvalue weighted by Crippen LogP contribution is -2.20. The summed E-state index contributed by atoms with van der Waals surface area (Å²) in [6, 6.07) is 0. The molecule has 2 atom stereocenters. The van der Waals surface area contributed by atoms with Crippen LogP contribution >= 0.6 is 0 Å². The summed E-state index contributed by atoms with van der Waals surface area (Å²) in [6.45, 7) is 0. The average molecular weight is 158 g/mol. The molecule has 0 heteroatoms. The maximum atomic E-state index is 2.48. The van der Waals surface area contributed by atoms with E-state index in [1.54, 1.807) is 0 Å². The van der Waals surface area contributed by atoms with Crippen LogP contribution in [0.25, 0.3) is 0 Å². The third-order valence-electron chi connectivity index (χ3n) is 3.73. The van der Waals surface area contributed by atoms with Gasteiger partial charge in [-0.05, 0) is 30.6 Å². The number of hydrogen-bond donors (Lipinski definition) is 0. The molecular weight excluding hydrogens is 144 g/mol. The van der Waals surface area contributed by atoms with Gasteiger partial charge in [0.15, 0.2) is 0 Å². The van der Waals surface area contributed by atoms with E-state index in [2.05, 4.69) is 36.5 Å². The molecule has 0 aromatic rings. The fourth-order valence-electron chi connectivity index (χ4n) is 3.02. The third kappa shape index (κ3) is 0.730. The van der Waals surface area contributed by atoms with Crippen LogP contribution in [0.15, 0.2) is 36.5 Å². The Bertz CT molecular complexity index is 270. The highest BCUT2D eigenvalue weighted by Crippen LogP contribution is 2.54. The molecule has 0 N–H and O–H groups in total. The minimum atomic E-state index is 0.536. The van der Waals surface area contributed by atoms with Gasteiger partial charge in [-0.2, -0.15) is 0 Å². The van der Waals surface area contributed by atoms with E-state index >= 15 is 0 Å². The number of allylic oxidation sites excluding steroid dienone is 6. The zero-order valence-electron chi connectivity index (χ0n) is 7.24. The Morgan fingerprint density at radius 1 is 1.08 bits per heavy atom. The van der Waals surface area contributed by atoms with Gasteiger partial charge >= 0.3 is 0 Å². The minimum Gasteiger partial charge on any atom is -0.0848 e. The molecule has 12 heavy (non-hydrogen) atoms. The Hall–Kier alpha value is -0.780. The number of rotatable bonds is 1. The Morgan fingerprint density at radius 3 is 2.42 bits per heavy atom. The van der Waals surface area contributed by atoms with Crippen LogP contribution in [0.1, 0.15) is 19.3 Å². The second kappa shape index (κ2) is 2.12. The molecule has 3 aliphatic rings. The van der Waals surface area contributed by atoms with Crippen molar-refractivity contribution in [1.82, 2.24) is 0 Å². The fourth-order valence-corrected chi connectivity index (χ4v) is 3.02. The lowest BCUT2D eigenvalue weighted by Gasteiger charge is -2.28. The minimum absolute atomic E-state index is 0.536. The second-order valence-corrected chi connectivity index (χ2v) is 4.39. The van der Waals surface area contributed by atoms with Gasteiger partial charge in [0.05, 0.1) is 0 Å². The van der Waals surface area contributed by atoms with E-state index in [9.17, 15) is 0 Å². The van der Waals surface area contributed by atoms with Gasteiger partial charge in [-0.1, -0.05) is 36.5 Å². The topological polar surface area (TPSA) is 0 Å². The van der Waals surface area contributed by atoms with Gasteiger partial charge in [-0.15, -0.1) is 0 Å². The molecule has 0 radical (unpaired) electrons. The molecule has 0 heterocycles. The van der Waals surface area contributed by atoms with Crippen LogP contribution in [0.4, 0.5) is 0 Å². The molecule has 1 fully saturated rings. The smallest absolute Gasteiger partial charge is 0.00441 e. The molecule has 0 aromatic heterocycles. The molecule has 62 valence electrons. The first-order valence-electron chi connectivity index (χ1n) is 4.93. The first-order valence-corrected chi connectivity index (χ1v) is 4.93. The van der Waals surface area contributed by atoms with Crippen LogP contribution in [0.3, 0.4) is 0 Å². The fraction of sp³-hybridized carbons (Fsp3) is 0.500. The maximum Gasteiger partial charge on any atom is 0.00441 e. The first kappa shape index (κ1) is 6.71. The van der Waals surface area contributed by atoms with E-state index in [1.807, 2.05) is 0 Å². The first-order chi connectivity index (χ1) is 5.89. The van der Waals surface area contributed by atoms with E-state index in [4.69, 9.17) is 0 Å². The second-order valence-electron chi connectivity index (χ2n) is 4.39. The Kier molecular flexibility index (Phi) is 1.19. The average Bonchev–Trinajstić information content (AvgIpc) is 2.82. The van der Waals surface area contributed by atoms with Crippen LogP contribution in [-0.4, -0.2) is 0 Å². The highest BCUT2D eigenvalue weighted by Gasteiger charge is 2.44. The van der Waals surface area contributed by atoms with E-state index in [-0.39, 0.29) is 0 Å². The summed E-state index contributed by atoms with van der Waals surface area (Å²) in [5, 5.41) is 0. The molecule has 3 rings (SSSR count). The summed E-state index contributed by atoms with van der Waals surface area (Å²) < 4.78 is 0. The quantitative estimate of drug-likeness (QED) is 0.514. The van der Waals surface area contributed by atoms with E-state index in [0.717, 1.165) is 5.92 Å². The Labute approximate surface area is 73.7 Å². The largest absolute Gasteiger partial charge is 0.0848 e. The zero-order chi connectivity index (χ0) is 8.02. The maximum absolute atomic E-state index is 2.48. The van der Waals surface area contributed by atoms with Crippen molar-refractivity contribution in [3.05, 3.63) is 36.5 Å². The van der Waals surface area contributed by atoms with Crippen molar-refractivity contribution >= 4 is 0 Å². The molecule has 2 bridgehead atoms. The van der Waals surface area contributed by atoms with Gasteiger partial charge in [-0.3, -0.25) is 0 Å². The Balaban J connectivity index is 1.96. The van der Waals surface area contributed by atoms with Gasteiger partial charge in [0.25, 0.3) is 0 Å². The van der Waals surface area contributed by atoms with Crippen molar-refractivity contribution in [3.8, 4) is 0 Å². The lowest BCUT2D eigenvalue weighted by molar-refractivity contribution is 0.340. The van der Waals surface area contributed by atoms with Gasteiger partial charge < -0.3 is 0 Å². The summed E-state index contributed by atoms with van der Waals surface area (Å²) >= 11 is 0. The molecular formula is C12H14. The number of fused-ring (bicyclic) bond motifs is 2. The van der Waals surface area contributed by atoms with Crippen molar-refractivity contribution in [3.63, 3.8) is 0 Å². The zero-order valence-corrected chi connectivity index (χ0v) is 7.24.